The number of ether oxygens (including phenoxy) is 5. The molecule has 0 amide bonds. The van der Waals surface area contributed by atoms with Gasteiger partial charge in [0.2, 0.25) is 0 Å². The zero-order valence-corrected chi connectivity index (χ0v) is 24.1. The molecule has 0 saturated carbocycles. The summed E-state index contributed by atoms with van der Waals surface area (Å²) >= 11 is 0. The topological polar surface area (TPSA) is 89.5 Å². The minimum Gasteiger partial charge on any atom is -0.497 e. The van der Waals surface area contributed by atoms with E-state index in [0.29, 0.717) is 6.61 Å². The maximum atomic E-state index is 11.1. The molecule has 8 nitrogen and oxygen atoms in total. The second kappa shape index (κ2) is 14.1. The molecule has 0 bridgehead atoms. The van der Waals surface area contributed by atoms with E-state index in [4.69, 9.17) is 27.9 Å². The van der Waals surface area contributed by atoms with E-state index in [9.17, 15) is 8.42 Å². The lowest BCUT2D eigenvalue weighted by atomic mass is 9.66. The molecule has 0 N–H and O–H groups in total. The van der Waals surface area contributed by atoms with Gasteiger partial charge in [0.1, 0.15) is 23.0 Å². The summed E-state index contributed by atoms with van der Waals surface area (Å²) in [7, 11) is 1.59. The van der Waals surface area contributed by atoms with E-state index in [1.807, 2.05) is 24.3 Å². The van der Waals surface area contributed by atoms with Crippen molar-refractivity contribution < 1.29 is 36.3 Å². The first-order valence-corrected chi connectivity index (χ1v) is 15.0. The van der Waals surface area contributed by atoms with E-state index in [1.54, 1.807) is 21.3 Å². The van der Waals surface area contributed by atoms with Crippen LogP contribution in [0.4, 0.5) is 0 Å². The first-order chi connectivity index (χ1) is 18.2. The quantitative estimate of drug-likeness (QED) is 0.147. The van der Waals surface area contributed by atoms with Gasteiger partial charge in [0.05, 0.1) is 33.7 Å². The monoisotopic (exact) mass is 550 g/mol. The number of benzene rings is 2. The van der Waals surface area contributed by atoms with Gasteiger partial charge >= 0.3 is 0 Å². The highest BCUT2D eigenvalue weighted by Gasteiger charge is 2.44. The van der Waals surface area contributed by atoms with E-state index in [-0.39, 0.29) is 24.7 Å². The van der Waals surface area contributed by atoms with Crippen LogP contribution in [-0.2, 0) is 24.5 Å². The molecule has 0 spiro atoms. The number of hydrogen-bond donors (Lipinski definition) is 0. The lowest BCUT2D eigenvalue weighted by Gasteiger charge is -2.43. The molecule has 0 fully saturated rings. The standard InChI is InChI=1S/C29H42O8S/c1-29(26-16-14-22(33-3)18-28(26)34-4)20-35-27-19-23(36-21-32-2)13-15-24(27)25(29)12-10-8-6-7-9-11-17-37-38(5,30)31/h13-16,18-19,25H,6-12,17,20-21H2,1-5H3. The molecular formula is C29H42O8S. The van der Waals surface area contributed by atoms with Gasteiger partial charge < -0.3 is 23.7 Å². The summed E-state index contributed by atoms with van der Waals surface area (Å²) in [4.78, 5) is 0. The summed E-state index contributed by atoms with van der Waals surface area (Å²) in [5.41, 5.74) is 1.96. The predicted molar refractivity (Wildman–Crippen MR) is 147 cm³/mol. The second-order valence-electron chi connectivity index (χ2n) is 10.0. The Kier molecular flexibility index (Phi) is 11.1. The Bertz CT molecular complexity index is 1130. The van der Waals surface area contributed by atoms with Gasteiger partial charge in [-0.05, 0) is 30.5 Å². The number of rotatable bonds is 16. The van der Waals surface area contributed by atoms with Gasteiger partial charge in [-0.2, -0.15) is 8.42 Å². The molecule has 1 heterocycles. The minimum absolute atomic E-state index is 0.184. The molecule has 2 atom stereocenters. The van der Waals surface area contributed by atoms with Crippen molar-refractivity contribution in [3.05, 3.63) is 47.5 Å². The molecule has 2 aromatic carbocycles. The molecule has 38 heavy (non-hydrogen) atoms. The average molecular weight is 551 g/mol. The Balaban J connectivity index is 1.73. The summed E-state index contributed by atoms with van der Waals surface area (Å²) in [6.45, 7) is 3.21. The van der Waals surface area contributed by atoms with Crippen LogP contribution in [0.3, 0.4) is 0 Å². The summed E-state index contributed by atoms with van der Waals surface area (Å²) in [5.74, 6) is 3.33. The molecule has 0 saturated heterocycles. The Morgan fingerprint density at radius 2 is 1.63 bits per heavy atom. The normalized spacial score (nSPS) is 18.9. The lowest BCUT2D eigenvalue weighted by Crippen LogP contribution is -2.40. The van der Waals surface area contributed by atoms with Crippen LogP contribution in [0.5, 0.6) is 23.0 Å². The van der Waals surface area contributed by atoms with E-state index < -0.39 is 10.1 Å². The van der Waals surface area contributed by atoms with Crippen LogP contribution in [0, 0.1) is 0 Å². The van der Waals surface area contributed by atoms with Gasteiger partial charge in [0.25, 0.3) is 10.1 Å². The molecule has 1 aliphatic rings. The number of methoxy groups -OCH3 is 3. The van der Waals surface area contributed by atoms with Gasteiger partial charge in [-0.25, -0.2) is 0 Å². The van der Waals surface area contributed by atoms with E-state index in [2.05, 4.69) is 19.1 Å². The fourth-order valence-electron chi connectivity index (χ4n) is 5.19. The van der Waals surface area contributed by atoms with Gasteiger partial charge in [-0.1, -0.05) is 51.2 Å². The second-order valence-corrected chi connectivity index (χ2v) is 11.7. The van der Waals surface area contributed by atoms with Crippen LogP contribution in [-0.4, -0.2) is 56.0 Å². The van der Waals surface area contributed by atoms with E-state index in [1.165, 1.54) is 5.56 Å². The van der Waals surface area contributed by atoms with Crippen molar-refractivity contribution in [1.82, 2.24) is 0 Å². The van der Waals surface area contributed by atoms with Crippen molar-refractivity contribution >= 4 is 10.1 Å². The molecule has 0 aliphatic carbocycles. The number of unbranched alkanes of at least 4 members (excludes halogenated alkanes) is 5. The third kappa shape index (κ3) is 8.01. The van der Waals surface area contributed by atoms with Crippen molar-refractivity contribution in [2.45, 2.75) is 63.2 Å². The lowest BCUT2D eigenvalue weighted by molar-refractivity contribution is 0.0506. The minimum atomic E-state index is -3.35. The fraction of sp³-hybridized carbons (Fsp3) is 0.586. The Hall–Kier alpha value is -2.49. The summed E-state index contributed by atoms with van der Waals surface area (Å²) in [6.07, 6.45) is 8.12. The smallest absolute Gasteiger partial charge is 0.264 e. The largest absolute Gasteiger partial charge is 0.497 e. The molecule has 9 heteroatoms. The molecular weight excluding hydrogens is 508 g/mol. The first-order valence-electron chi connectivity index (χ1n) is 13.2. The highest BCUT2D eigenvalue weighted by atomic mass is 32.2. The molecule has 0 radical (unpaired) electrons. The Labute approximate surface area is 227 Å². The molecule has 2 unspecified atom stereocenters. The van der Waals surface area contributed by atoms with Gasteiger partial charge in [-0.3, -0.25) is 4.18 Å². The highest BCUT2D eigenvalue weighted by molar-refractivity contribution is 7.85. The van der Waals surface area contributed by atoms with Crippen LogP contribution in [0.25, 0.3) is 0 Å². The molecule has 212 valence electrons. The van der Waals surface area contributed by atoms with Crippen molar-refractivity contribution in [3.8, 4) is 23.0 Å². The van der Waals surface area contributed by atoms with Crippen molar-refractivity contribution in [3.63, 3.8) is 0 Å². The first kappa shape index (κ1) is 30.1. The fourth-order valence-corrected chi connectivity index (χ4v) is 5.61. The van der Waals surface area contributed by atoms with Crippen molar-refractivity contribution in [2.24, 2.45) is 0 Å². The third-order valence-electron chi connectivity index (χ3n) is 7.21. The zero-order valence-electron chi connectivity index (χ0n) is 23.3. The average Bonchev–Trinajstić information content (AvgIpc) is 2.90. The van der Waals surface area contributed by atoms with Crippen molar-refractivity contribution in [1.29, 1.82) is 0 Å². The maximum Gasteiger partial charge on any atom is 0.264 e. The number of hydrogen-bond acceptors (Lipinski definition) is 8. The molecule has 2 aromatic rings. The van der Waals surface area contributed by atoms with Crippen LogP contribution in [0.1, 0.15) is 68.9 Å². The zero-order chi connectivity index (χ0) is 27.6. The summed E-state index contributed by atoms with van der Waals surface area (Å²) in [5, 5.41) is 0. The van der Waals surface area contributed by atoms with E-state index in [0.717, 1.165) is 79.8 Å². The van der Waals surface area contributed by atoms with Crippen LogP contribution in [0.2, 0.25) is 0 Å². The molecule has 1 aliphatic heterocycles. The maximum absolute atomic E-state index is 11.1. The van der Waals surface area contributed by atoms with Gasteiger partial charge in [0, 0.05) is 36.1 Å². The van der Waals surface area contributed by atoms with Gasteiger partial charge in [0.15, 0.2) is 6.79 Å². The van der Waals surface area contributed by atoms with Crippen LogP contribution >= 0.6 is 0 Å². The Morgan fingerprint density at radius 3 is 2.32 bits per heavy atom. The summed E-state index contributed by atoms with van der Waals surface area (Å²) < 4.78 is 55.3. The Morgan fingerprint density at radius 1 is 0.921 bits per heavy atom. The van der Waals surface area contributed by atoms with Crippen molar-refractivity contribution in [2.75, 3.05) is 47.6 Å². The molecule has 3 rings (SSSR count). The highest BCUT2D eigenvalue weighted by Crippen LogP contribution is 2.52. The third-order valence-corrected chi connectivity index (χ3v) is 7.80. The number of fused-ring (bicyclic) bond motifs is 1. The predicted octanol–water partition coefficient (Wildman–Crippen LogP) is 5.83. The summed E-state index contributed by atoms with van der Waals surface area (Å²) in [6, 6.07) is 12.0. The van der Waals surface area contributed by atoms with E-state index >= 15 is 0 Å². The van der Waals surface area contributed by atoms with Crippen LogP contribution < -0.4 is 18.9 Å². The SMILES string of the molecule is COCOc1ccc2c(c1)OCC(C)(c1ccc(OC)cc1OC)C2CCCCCCCCOS(C)(=O)=O. The van der Waals surface area contributed by atoms with Crippen LogP contribution in [0.15, 0.2) is 36.4 Å². The van der Waals surface area contributed by atoms with Gasteiger partial charge in [-0.15, -0.1) is 0 Å². The molecule has 0 aromatic heterocycles.